The highest BCUT2D eigenvalue weighted by Gasteiger charge is 2.27. The van der Waals surface area contributed by atoms with Crippen LogP contribution in [0.5, 0.6) is 5.75 Å². The Kier molecular flexibility index (Phi) is 4.52. The maximum Gasteiger partial charge on any atom is 0.283 e. The molecule has 22 heavy (non-hydrogen) atoms. The van der Waals surface area contributed by atoms with Crippen LogP contribution in [0.3, 0.4) is 0 Å². The average molecular weight is 317 g/mol. The van der Waals surface area contributed by atoms with E-state index < -0.39 is 0 Å². The number of thioether (sulfide) groups is 1. The third-order valence-electron chi connectivity index (χ3n) is 4.16. The number of ketones is 1. The van der Waals surface area contributed by atoms with Crippen LogP contribution in [0.15, 0.2) is 24.4 Å². The van der Waals surface area contributed by atoms with Gasteiger partial charge in [-0.3, -0.25) is 4.79 Å². The number of Topliss-reactive ketones (excluding diaryl/α,β-unsaturated/α-hetero) is 1. The van der Waals surface area contributed by atoms with Gasteiger partial charge < -0.3 is 9.72 Å². The molecular formula is C17H21N2O2S+. The monoisotopic (exact) mass is 317 g/mol. The summed E-state index contributed by atoms with van der Waals surface area (Å²) in [7, 11) is 1.64. The van der Waals surface area contributed by atoms with Gasteiger partial charge in [0.2, 0.25) is 0 Å². The van der Waals surface area contributed by atoms with E-state index in [9.17, 15) is 4.79 Å². The summed E-state index contributed by atoms with van der Waals surface area (Å²) in [6.07, 6.45) is 7.40. The van der Waals surface area contributed by atoms with Crippen LogP contribution >= 0.6 is 11.8 Å². The van der Waals surface area contributed by atoms with Crippen molar-refractivity contribution in [1.29, 1.82) is 0 Å². The molecule has 0 bridgehead atoms. The minimum atomic E-state index is 0.116. The summed E-state index contributed by atoms with van der Waals surface area (Å²) in [6, 6.07) is 5.77. The van der Waals surface area contributed by atoms with E-state index in [4.69, 9.17) is 4.74 Å². The predicted molar refractivity (Wildman–Crippen MR) is 91.5 cm³/mol. The fourth-order valence-corrected chi connectivity index (χ4v) is 3.73. The largest absolute Gasteiger partial charge is 0.497 e. The zero-order valence-electron chi connectivity index (χ0n) is 13.0. The van der Waals surface area contributed by atoms with E-state index in [1.54, 1.807) is 18.9 Å². The molecule has 1 N–H and O–H groups in total. The first-order chi connectivity index (χ1) is 10.7. The zero-order valence-corrected chi connectivity index (χ0v) is 13.8. The molecular weight excluding hydrogens is 296 g/mol. The Balaban J connectivity index is 2.00. The number of ether oxygens (including phenoxy) is 1. The van der Waals surface area contributed by atoms with Crippen LogP contribution in [0.25, 0.3) is 10.9 Å². The van der Waals surface area contributed by atoms with E-state index in [0.29, 0.717) is 0 Å². The fraction of sp³-hybridized carbons (Fsp3) is 0.412. The van der Waals surface area contributed by atoms with E-state index >= 15 is 0 Å². The molecule has 1 aliphatic heterocycles. The first-order valence-corrected chi connectivity index (χ1v) is 8.83. The Morgan fingerprint density at radius 1 is 1.27 bits per heavy atom. The highest BCUT2D eigenvalue weighted by molar-refractivity contribution is 8.14. The number of nitrogens with one attached hydrogen (secondary N) is 1. The second-order valence-electron chi connectivity index (χ2n) is 5.50. The maximum atomic E-state index is 13.0. The van der Waals surface area contributed by atoms with E-state index in [0.717, 1.165) is 40.3 Å². The van der Waals surface area contributed by atoms with Gasteiger partial charge in [-0.2, -0.15) is 0 Å². The van der Waals surface area contributed by atoms with Crippen molar-refractivity contribution < 1.29 is 14.1 Å². The number of H-pyrrole nitrogens is 1. The number of aromatic nitrogens is 1. The Labute approximate surface area is 134 Å². The van der Waals surface area contributed by atoms with Crippen LogP contribution in [0.2, 0.25) is 0 Å². The maximum absolute atomic E-state index is 13.0. The first kappa shape index (κ1) is 15.2. The van der Waals surface area contributed by atoms with Crippen molar-refractivity contribution in [2.75, 3.05) is 26.5 Å². The van der Waals surface area contributed by atoms with Crippen molar-refractivity contribution in [2.45, 2.75) is 19.3 Å². The van der Waals surface area contributed by atoms with E-state index in [2.05, 4.69) is 9.56 Å². The molecule has 0 unspecified atom stereocenters. The number of aromatic amines is 1. The van der Waals surface area contributed by atoms with Crippen LogP contribution in [-0.2, 0) is 0 Å². The number of piperidine rings is 1. The molecule has 3 rings (SSSR count). The summed E-state index contributed by atoms with van der Waals surface area (Å²) in [5, 5.41) is 1.81. The lowest BCUT2D eigenvalue weighted by Crippen LogP contribution is -2.30. The van der Waals surface area contributed by atoms with Crippen LogP contribution in [0.4, 0.5) is 0 Å². The highest BCUT2D eigenvalue weighted by atomic mass is 32.2. The summed E-state index contributed by atoms with van der Waals surface area (Å²) < 4.78 is 7.47. The third-order valence-corrected chi connectivity index (χ3v) is 4.99. The third kappa shape index (κ3) is 2.77. The molecule has 1 fully saturated rings. The Hall–Kier alpha value is -1.75. The molecule has 5 heteroatoms. The van der Waals surface area contributed by atoms with Gasteiger partial charge >= 0.3 is 0 Å². The first-order valence-electron chi connectivity index (χ1n) is 7.60. The van der Waals surface area contributed by atoms with Gasteiger partial charge in [-0.1, -0.05) is 11.8 Å². The molecule has 0 amide bonds. The molecule has 1 saturated heterocycles. The fourth-order valence-electron chi connectivity index (χ4n) is 3.00. The number of carbonyl (C=O) groups excluding carboxylic acids is 1. The molecule has 1 aromatic carbocycles. The van der Waals surface area contributed by atoms with Crippen molar-refractivity contribution in [1.82, 2.24) is 4.98 Å². The van der Waals surface area contributed by atoms with E-state index in [-0.39, 0.29) is 5.78 Å². The molecule has 2 aromatic rings. The molecule has 1 aliphatic rings. The van der Waals surface area contributed by atoms with Crippen molar-refractivity contribution in [2.24, 2.45) is 0 Å². The topological polar surface area (TPSA) is 45.1 Å². The molecule has 0 aliphatic carbocycles. The molecule has 1 aromatic heterocycles. The van der Waals surface area contributed by atoms with Gasteiger partial charge in [0, 0.05) is 36.0 Å². The molecule has 0 radical (unpaired) electrons. The van der Waals surface area contributed by atoms with Crippen molar-refractivity contribution >= 4 is 33.5 Å². The molecule has 2 heterocycles. The van der Waals surface area contributed by atoms with Crippen LogP contribution < -0.4 is 4.74 Å². The molecule has 4 nitrogen and oxygen atoms in total. The summed E-state index contributed by atoms with van der Waals surface area (Å²) in [5.41, 5.74) is 1.68. The minimum Gasteiger partial charge on any atom is -0.497 e. The van der Waals surface area contributed by atoms with Crippen molar-refractivity contribution in [3.05, 3.63) is 30.0 Å². The van der Waals surface area contributed by atoms with Crippen molar-refractivity contribution in [3.8, 4) is 5.75 Å². The lowest BCUT2D eigenvalue weighted by molar-refractivity contribution is -0.533. The second-order valence-corrected chi connectivity index (χ2v) is 6.29. The van der Waals surface area contributed by atoms with Gasteiger partial charge in [0.15, 0.2) is 0 Å². The van der Waals surface area contributed by atoms with E-state index in [1.807, 2.05) is 30.7 Å². The average Bonchev–Trinajstić information content (AvgIpc) is 2.99. The quantitative estimate of drug-likeness (QED) is 0.536. The lowest BCUT2D eigenvalue weighted by atomic mass is 10.1. The number of hydrogen-bond acceptors (Lipinski definition) is 3. The Morgan fingerprint density at radius 3 is 2.73 bits per heavy atom. The molecule has 0 spiro atoms. The number of carbonyl (C=O) groups is 1. The molecule has 116 valence electrons. The highest BCUT2D eigenvalue weighted by Crippen LogP contribution is 2.25. The molecule has 0 saturated carbocycles. The Morgan fingerprint density at radius 2 is 2.05 bits per heavy atom. The van der Waals surface area contributed by atoms with E-state index in [1.165, 1.54) is 19.3 Å². The summed E-state index contributed by atoms with van der Waals surface area (Å²) >= 11 is 1.55. The summed E-state index contributed by atoms with van der Waals surface area (Å²) in [4.78, 5) is 16.1. The SMILES string of the molecule is COc1ccc2c(C(=O)C(SC)=[N+]3CCCCC3)c[nH]c2c1. The van der Waals surface area contributed by atoms with Gasteiger partial charge in [0.05, 0.1) is 12.7 Å². The predicted octanol–water partition coefficient (Wildman–Crippen LogP) is 3.32. The van der Waals surface area contributed by atoms with Crippen LogP contribution in [0, 0.1) is 0 Å². The van der Waals surface area contributed by atoms with Gasteiger partial charge in [-0.15, -0.1) is 0 Å². The number of benzene rings is 1. The normalized spacial score (nSPS) is 15.1. The number of methoxy groups -OCH3 is 1. The minimum absolute atomic E-state index is 0.116. The smallest absolute Gasteiger partial charge is 0.283 e. The van der Waals surface area contributed by atoms with Crippen molar-refractivity contribution in [3.63, 3.8) is 0 Å². The Bertz CT molecular complexity index is 725. The zero-order chi connectivity index (χ0) is 15.5. The lowest BCUT2D eigenvalue weighted by Gasteiger charge is -2.12. The molecule has 0 atom stereocenters. The number of fused-ring (bicyclic) bond motifs is 1. The van der Waals surface area contributed by atoms with Gasteiger partial charge in [0.25, 0.3) is 10.8 Å². The van der Waals surface area contributed by atoms with Crippen LogP contribution in [-0.4, -0.2) is 46.8 Å². The second kappa shape index (κ2) is 6.57. The van der Waals surface area contributed by atoms with Gasteiger partial charge in [-0.05, 0) is 24.8 Å². The number of rotatable bonds is 3. The number of nitrogens with zero attached hydrogens (tertiary/aromatic N) is 1. The number of hydrogen-bond donors (Lipinski definition) is 1. The summed E-state index contributed by atoms with van der Waals surface area (Å²) in [6.45, 7) is 1.97. The van der Waals surface area contributed by atoms with Gasteiger partial charge in [0.1, 0.15) is 18.8 Å². The van der Waals surface area contributed by atoms with Crippen LogP contribution in [0.1, 0.15) is 29.6 Å². The standard InChI is InChI=1S/C17H20N2O2S/c1-21-12-6-7-13-14(11-18-15(13)10-12)16(20)17(22-2)19-8-4-3-5-9-19/h6-7,10-11H,3-5,8-9H2,1-2H3/p+1. The summed E-state index contributed by atoms with van der Waals surface area (Å²) in [5.74, 6) is 0.907. The van der Waals surface area contributed by atoms with Gasteiger partial charge in [-0.25, -0.2) is 4.58 Å².